The second kappa shape index (κ2) is 8.84. The summed E-state index contributed by atoms with van der Waals surface area (Å²) in [5, 5.41) is 3.44. The van der Waals surface area contributed by atoms with Crippen LogP contribution >= 0.6 is 0 Å². The number of fused-ring (bicyclic) bond motifs is 1. The Morgan fingerprint density at radius 2 is 2.03 bits per heavy atom. The van der Waals surface area contributed by atoms with E-state index in [9.17, 15) is 0 Å². The highest BCUT2D eigenvalue weighted by molar-refractivity contribution is 5.76. The average Bonchev–Trinajstić information content (AvgIpc) is 3.34. The van der Waals surface area contributed by atoms with Crippen LogP contribution in [-0.2, 0) is 11.2 Å². The minimum atomic E-state index is 0.676. The molecular formula is C24H26N6O2. The van der Waals surface area contributed by atoms with Crippen molar-refractivity contribution in [2.24, 2.45) is 0 Å². The van der Waals surface area contributed by atoms with E-state index >= 15 is 0 Å². The largest absolute Gasteiger partial charge is 0.495 e. The summed E-state index contributed by atoms with van der Waals surface area (Å²) in [4.78, 5) is 16.0. The number of nitrogens with one attached hydrogen (secondary N) is 1. The number of benzene rings is 1. The van der Waals surface area contributed by atoms with Crippen molar-refractivity contribution in [3.63, 3.8) is 0 Å². The molecule has 32 heavy (non-hydrogen) atoms. The fourth-order valence-electron chi connectivity index (χ4n) is 3.93. The predicted molar refractivity (Wildman–Crippen MR) is 125 cm³/mol. The van der Waals surface area contributed by atoms with Crippen LogP contribution < -0.4 is 15.0 Å². The fraction of sp³-hybridized carbons (Fsp3) is 0.292. The second-order valence-corrected chi connectivity index (χ2v) is 7.68. The van der Waals surface area contributed by atoms with E-state index in [1.165, 1.54) is 5.56 Å². The van der Waals surface area contributed by atoms with Gasteiger partial charge >= 0.3 is 0 Å². The van der Waals surface area contributed by atoms with Gasteiger partial charge in [0.2, 0.25) is 0 Å². The van der Waals surface area contributed by atoms with E-state index in [-0.39, 0.29) is 0 Å². The number of morpholine rings is 1. The maximum Gasteiger partial charge on any atom is 0.180 e. The number of nitrogens with zero attached hydrogens (tertiary/aromatic N) is 5. The molecule has 164 valence electrons. The summed E-state index contributed by atoms with van der Waals surface area (Å²) in [6.07, 6.45) is 10.3. The summed E-state index contributed by atoms with van der Waals surface area (Å²) in [5.74, 6) is 1.49. The van der Waals surface area contributed by atoms with Crippen molar-refractivity contribution in [1.82, 2.24) is 19.4 Å². The molecule has 1 aromatic carbocycles. The van der Waals surface area contributed by atoms with Crippen LogP contribution in [0.5, 0.6) is 5.75 Å². The van der Waals surface area contributed by atoms with Gasteiger partial charge in [0.25, 0.3) is 0 Å². The maximum atomic E-state index is 5.70. The van der Waals surface area contributed by atoms with Gasteiger partial charge in [0, 0.05) is 61.4 Å². The Morgan fingerprint density at radius 1 is 1.16 bits per heavy atom. The molecule has 0 amide bonds. The fourth-order valence-corrected chi connectivity index (χ4v) is 3.93. The molecular weight excluding hydrogens is 404 g/mol. The molecule has 0 radical (unpaired) electrons. The Labute approximate surface area is 186 Å². The molecule has 1 fully saturated rings. The molecule has 3 aromatic heterocycles. The van der Waals surface area contributed by atoms with Crippen LogP contribution in [-0.4, -0.2) is 52.8 Å². The molecule has 8 heteroatoms. The summed E-state index contributed by atoms with van der Waals surface area (Å²) in [6, 6.07) is 8.24. The van der Waals surface area contributed by atoms with Gasteiger partial charge in [-0.25, -0.2) is 9.97 Å². The van der Waals surface area contributed by atoms with E-state index < -0.39 is 0 Å². The van der Waals surface area contributed by atoms with Crippen LogP contribution in [0.3, 0.4) is 0 Å². The van der Waals surface area contributed by atoms with Crippen LogP contribution in [0.1, 0.15) is 12.5 Å². The number of hydrogen-bond donors (Lipinski definition) is 1. The quantitative estimate of drug-likeness (QED) is 0.496. The van der Waals surface area contributed by atoms with Crippen molar-refractivity contribution in [3.8, 4) is 17.0 Å². The van der Waals surface area contributed by atoms with Crippen molar-refractivity contribution in [1.29, 1.82) is 0 Å². The smallest absolute Gasteiger partial charge is 0.180 e. The number of anilines is 3. The van der Waals surface area contributed by atoms with Gasteiger partial charge in [0.1, 0.15) is 5.75 Å². The van der Waals surface area contributed by atoms with Crippen molar-refractivity contribution in [3.05, 3.63) is 60.8 Å². The van der Waals surface area contributed by atoms with E-state index in [0.717, 1.165) is 66.8 Å². The maximum absolute atomic E-state index is 5.70. The van der Waals surface area contributed by atoms with Crippen molar-refractivity contribution in [2.75, 3.05) is 43.6 Å². The lowest BCUT2D eigenvalue weighted by Gasteiger charge is -2.30. The molecule has 0 saturated carbocycles. The highest BCUT2D eigenvalue weighted by Gasteiger charge is 2.17. The number of hydrogen-bond acceptors (Lipinski definition) is 7. The first-order chi connectivity index (χ1) is 15.7. The van der Waals surface area contributed by atoms with E-state index in [1.807, 2.05) is 41.3 Å². The number of imidazole rings is 1. The minimum Gasteiger partial charge on any atom is -0.495 e. The molecule has 0 aliphatic carbocycles. The minimum absolute atomic E-state index is 0.676. The molecule has 0 atom stereocenters. The Kier molecular flexibility index (Phi) is 5.60. The van der Waals surface area contributed by atoms with Gasteiger partial charge in [-0.3, -0.25) is 4.98 Å². The van der Waals surface area contributed by atoms with Crippen LogP contribution in [0, 0.1) is 0 Å². The zero-order chi connectivity index (χ0) is 21.9. The van der Waals surface area contributed by atoms with Crippen molar-refractivity contribution >= 4 is 22.8 Å². The number of aryl methyl sites for hydroxylation is 1. The Balaban J connectivity index is 1.50. The number of rotatable bonds is 6. The Bertz CT molecular complexity index is 1230. The first-order valence-electron chi connectivity index (χ1n) is 10.8. The predicted octanol–water partition coefficient (Wildman–Crippen LogP) is 3.94. The van der Waals surface area contributed by atoms with Crippen LogP contribution in [0.25, 0.3) is 16.9 Å². The molecule has 1 N–H and O–H groups in total. The standard InChI is InChI=1S/C24H26N6O2/c1-3-17-12-18(15-25-14-17)20-16-30-7-6-26-24(30)23(28-20)27-19-4-5-21(22(13-19)31-2)29-8-10-32-11-9-29/h4-7,12-16H,3,8-11H2,1-2H3,(H,27,28). The van der Waals surface area contributed by atoms with Crippen LogP contribution in [0.15, 0.2) is 55.2 Å². The molecule has 0 spiro atoms. The second-order valence-electron chi connectivity index (χ2n) is 7.68. The molecule has 0 bridgehead atoms. The van der Waals surface area contributed by atoms with Gasteiger partial charge in [0.15, 0.2) is 11.5 Å². The number of ether oxygens (including phenoxy) is 2. The van der Waals surface area contributed by atoms with Gasteiger partial charge in [-0.2, -0.15) is 0 Å². The van der Waals surface area contributed by atoms with E-state index in [4.69, 9.17) is 14.5 Å². The number of aromatic nitrogens is 4. The molecule has 1 saturated heterocycles. The van der Waals surface area contributed by atoms with E-state index in [1.54, 1.807) is 13.3 Å². The lowest BCUT2D eigenvalue weighted by molar-refractivity contribution is 0.122. The monoisotopic (exact) mass is 430 g/mol. The van der Waals surface area contributed by atoms with Gasteiger partial charge in [-0.15, -0.1) is 0 Å². The topological polar surface area (TPSA) is 76.8 Å². The highest BCUT2D eigenvalue weighted by Crippen LogP contribution is 2.33. The number of pyridine rings is 1. The highest BCUT2D eigenvalue weighted by atomic mass is 16.5. The zero-order valence-corrected chi connectivity index (χ0v) is 18.3. The molecule has 4 heterocycles. The molecule has 1 aliphatic heterocycles. The summed E-state index contributed by atoms with van der Waals surface area (Å²) in [6.45, 7) is 5.28. The Morgan fingerprint density at radius 3 is 2.84 bits per heavy atom. The van der Waals surface area contributed by atoms with Crippen molar-refractivity contribution in [2.45, 2.75) is 13.3 Å². The first-order valence-corrected chi connectivity index (χ1v) is 10.8. The molecule has 5 rings (SSSR count). The SMILES string of the molecule is CCc1cncc(-c2cn3ccnc3c(Nc3ccc(N4CCOCC4)c(OC)c3)n2)c1. The lowest BCUT2D eigenvalue weighted by atomic mass is 10.1. The zero-order valence-electron chi connectivity index (χ0n) is 18.3. The van der Waals surface area contributed by atoms with Gasteiger partial charge < -0.3 is 24.1 Å². The van der Waals surface area contributed by atoms with Crippen LogP contribution in [0.2, 0.25) is 0 Å². The molecule has 0 unspecified atom stereocenters. The van der Waals surface area contributed by atoms with Crippen LogP contribution in [0.4, 0.5) is 17.2 Å². The normalized spacial score (nSPS) is 14.0. The van der Waals surface area contributed by atoms with E-state index in [0.29, 0.717) is 5.82 Å². The first kappa shape index (κ1) is 20.3. The summed E-state index contributed by atoms with van der Waals surface area (Å²) in [5.41, 5.74) is 5.68. The molecule has 8 nitrogen and oxygen atoms in total. The van der Waals surface area contributed by atoms with Gasteiger partial charge in [-0.05, 0) is 30.2 Å². The third kappa shape index (κ3) is 3.97. The van der Waals surface area contributed by atoms with Crippen molar-refractivity contribution < 1.29 is 9.47 Å². The third-order valence-corrected chi connectivity index (χ3v) is 5.67. The average molecular weight is 431 g/mol. The van der Waals surface area contributed by atoms with Gasteiger partial charge in [-0.1, -0.05) is 6.92 Å². The lowest BCUT2D eigenvalue weighted by Crippen LogP contribution is -2.36. The summed E-state index contributed by atoms with van der Waals surface area (Å²) in [7, 11) is 1.70. The summed E-state index contributed by atoms with van der Waals surface area (Å²) >= 11 is 0. The Hall–Kier alpha value is -3.65. The summed E-state index contributed by atoms with van der Waals surface area (Å²) < 4.78 is 13.1. The molecule has 1 aliphatic rings. The molecule has 4 aromatic rings. The number of methoxy groups -OCH3 is 1. The van der Waals surface area contributed by atoms with E-state index in [2.05, 4.69) is 39.2 Å². The third-order valence-electron chi connectivity index (χ3n) is 5.67. The van der Waals surface area contributed by atoms with Gasteiger partial charge in [0.05, 0.1) is 31.7 Å².